The third-order valence-corrected chi connectivity index (χ3v) is 6.09. The summed E-state index contributed by atoms with van der Waals surface area (Å²) < 4.78 is 8.40. The molecule has 0 aromatic carbocycles. The van der Waals surface area contributed by atoms with E-state index in [9.17, 15) is 9.59 Å². The first kappa shape index (κ1) is 22.5. The lowest BCUT2D eigenvalue weighted by molar-refractivity contribution is -0.119. The van der Waals surface area contributed by atoms with Crippen molar-refractivity contribution in [2.75, 3.05) is 12.4 Å². The van der Waals surface area contributed by atoms with Crippen molar-refractivity contribution in [3.8, 4) is 28.6 Å². The van der Waals surface area contributed by atoms with Gasteiger partial charge in [0.2, 0.25) is 11.8 Å². The summed E-state index contributed by atoms with van der Waals surface area (Å²) in [6, 6.07) is 8.71. The predicted octanol–water partition coefficient (Wildman–Crippen LogP) is 3.18. The largest absolute Gasteiger partial charge is 0.479 e. The van der Waals surface area contributed by atoms with E-state index in [1.165, 1.54) is 30.3 Å². The van der Waals surface area contributed by atoms with Crippen molar-refractivity contribution in [2.24, 2.45) is 5.92 Å². The van der Waals surface area contributed by atoms with Crippen LogP contribution in [0, 0.1) is 5.92 Å². The van der Waals surface area contributed by atoms with Crippen LogP contribution >= 0.6 is 0 Å². The zero-order valence-corrected chi connectivity index (χ0v) is 19.5. The third-order valence-electron chi connectivity index (χ3n) is 6.09. The average molecular weight is 472 g/mol. The maximum atomic E-state index is 13.3. The van der Waals surface area contributed by atoms with Gasteiger partial charge in [-0.15, -0.1) is 0 Å². The van der Waals surface area contributed by atoms with Gasteiger partial charge in [0.15, 0.2) is 5.82 Å². The van der Waals surface area contributed by atoms with Gasteiger partial charge in [-0.1, -0.05) is 13.3 Å². The molecule has 35 heavy (non-hydrogen) atoms. The first-order valence-electron chi connectivity index (χ1n) is 11.5. The Morgan fingerprint density at radius 2 is 1.97 bits per heavy atom. The molecule has 0 spiro atoms. The van der Waals surface area contributed by atoms with Gasteiger partial charge in [0.05, 0.1) is 7.11 Å². The Morgan fingerprint density at radius 3 is 2.80 bits per heavy atom. The van der Waals surface area contributed by atoms with Crippen molar-refractivity contribution in [1.29, 1.82) is 0 Å². The molecule has 0 radical (unpaired) electrons. The maximum Gasteiger partial charge on any atom is 0.259 e. The molecule has 1 unspecified atom stereocenters. The molecule has 5 rings (SSSR count). The smallest absolute Gasteiger partial charge is 0.259 e. The van der Waals surface area contributed by atoms with E-state index >= 15 is 0 Å². The number of rotatable bonds is 3. The lowest BCUT2D eigenvalue weighted by Gasteiger charge is -2.16. The van der Waals surface area contributed by atoms with E-state index in [2.05, 4.69) is 20.3 Å². The number of carbonyl (C=O) groups is 1. The number of aryl methyl sites for hydroxylation is 1. The van der Waals surface area contributed by atoms with Crippen LogP contribution in [0.25, 0.3) is 22.8 Å². The first-order chi connectivity index (χ1) is 17.1. The fourth-order valence-corrected chi connectivity index (χ4v) is 4.22. The van der Waals surface area contributed by atoms with Gasteiger partial charge in [0, 0.05) is 41.8 Å². The molecule has 2 bridgehead atoms. The lowest BCUT2D eigenvalue weighted by atomic mass is 10.00. The molecule has 1 N–H and O–H groups in total. The second-order valence-electron chi connectivity index (χ2n) is 8.45. The van der Waals surface area contributed by atoms with E-state index in [0.717, 1.165) is 36.9 Å². The molecule has 0 saturated heterocycles. The number of nitrogens with zero attached hydrogens (tertiary/aromatic N) is 6. The molecule has 5 heterocycles. The minimum absolute atomic E-state index is 0.142. The summed E-state index contributed by atoms with van der Waals surface area (Å²) in [5.74, 6) is 0.292. The molecule has 1 atom stereocenters. The zero-order chi connectivity index (χ0) is 24.4. The topological polar surface area (TPSA) is 117 Å². The number of nitrogens with one attached hydrogen (secondary N) is 1. The van der Waals surface area contributed by atoms with E-state index in [0.29, 0.717) is 28.8 Å². The molecule has 178 valence electrons. The number of aromatic nitrogens is 6. The second-order valence-corrected chi connectivity index (χ2v) is 8.45. The molecule has 0 aliphatic carbocycles. The van der Waals surface area contributed by atoms with Crippen LogP contribution in [0.15, 0.2) is 60.0 Å². The Balaban J connectivity index is 1.85. The van der Waals surface area contributed by atoms with Gasteiger partial charge in [0.1, 0.15) is 23.4 Å². The van der Waals surface area contributed by atoms with Crippen LogP contribution in [-0.4, -0.2) is 42.3 Å². The summed E-state index contributed by atoms with van der Waals surface area (Å²) in [4.78, 5) is 39.2. The summed E-state index contributed by atoms with van der Waals surface area (Å²) in [6.07, 6.45) is 9.58. The highest BCUT2D eigenvalue weighted by Gasteiger charge is 2.27. The van der Waals surface area contributed by atoms with Crippen LogP contribution in [-0.2, 0) is 11.2 Å². The Hall–Kier alpha value is -4.34. The SMILES string of the molecule is COc1ncccc1-n1nc2c(c1-n1cnccc1=O)NC(=O)C(C)CCCCc1cc-2ccn1. The monoisotopic (exact) mass is 471 g/mol. The second kappa shape index (κ2) is 9.49. The van der Waals surface area contributed by atoms with Crippen molar-refractivity contribution < 1.29 is 9.53 Å². The van der Waals surface area contributed by atoms with Crippen LogP contribution in [0.3, 0.4) is 0 Å². The molecule has 1 amide bonds. The van der Waals surface area contributed by atoms with Gasteiger partial charge in [0.25, 0.3) is 5.56 Å². The molecule has 0 saturated carbocycles. The first-order valence-corrected chi connectivity index (χ1v) is 11.5. The van der Waals surface area contributed by atoms with E-state index < -0.39 is 0 Å². The number of ether oxygens (including phenoxy) is 1. The molecule has 0 fully saturated rings. The number of hydrogen-bond acceptors (Lipinski definition) is 7. The fraction of sp³-hybridized carbons (Fsp3) is 0.280. The third kappa shape index (κ3) is 4.30. The Morgan fingerprint density at radius 1 is 1.09 bits per heavy atom. The highest BCUT2D eigenvalue weighted by Crippen LogP contribution is 2.36. The number of anilines is 1. The van der Waals surface area contributed by atoms with Crippen LogP contribution in [0.5, 0.6) is 5.88 Å². The standard InChI is InChI=1S/C25H25N7O3/c1-16-6-3-4-7-18-14-17(9-13-27-18)21-22(29-23(16)34)25(31-15-26-12-10-20(31)33)32(30-21)19-8-5-11-28-24(19)35-2/h5,8-16H,3-4,6-7H2,1-2H3,(H,29,34). The van der Waals surface area contributed by atoms with Gasteiger partial charge in [-0.2, -0.15) is 5.10 Å². The zero-order valence-electron chi connectivity index (χ0n) is 19.5. The number of methoxy groups -OCH3 is 1. The van der Waals surface area contributed by atoms with Crippen LogP contribution < -0.4 is 15.6 Å². The van der Waals surface area contributed by atoms with Crippen molar-refractivity contribution in [3.05, 3.63) is 71.3 Å². The highest BCUT2D eigenvalue weighted by molar-refractivity contribution is 5.98. The number of pyridine rings is 2. The number of amides is 1. The Labute approximate surface area is 201 Å². The van der Waals surface area contributed by atoms with Gasteiger partial charge >= 0.3 is 0 Å². The van der Waals surface area contributed by atoms with E-state index in [1.807, 2.05) is 19.1 Å². The Kier molecular flexibility index (Phi) is 6.09. The summed E-state index contributed by atoms with van der Waals surface area (Å²) in [7, 11) is 1.52. The molecule has 1 aliphatic heterocycles. The summed E-state index contributed by atoms with van der Waals surface area (Å²) in [5.41, 5.74) is 2.82. The van der Waals surface area contributed by atoms with Crippen molar-refractivity contribution in [2.45, 2.75) is 32.6 Å². The summed E-state index contributed by atoms with van der Waals surface area (Å²) in [5, 5.41) is 7.94. The van der Waals surface area contributed by atoms with E-state index in [4.69, 9.17) is 9.84 Å². The number of hydrogen-bond donors (Lipinski definition) is 1. The summed E-state index contributed by atoms with van der Waals surface area (Å²) in [6.45, 7) is 1.91. The van der Waals surface area contributed by atoms with Gasteiger partial charge in [-0.25, -0.2) is 19.2 Å². The quantitative estimate of drug-likeness (QED) is 0.488. The van der Waals surface area contributed by atoms with E-state index in [1.54, 1.807) is 29.2 Å². The number of fused-ring (bicyclic) bond motifs is 4. The van der Waals surface area contributed by atoms with Crippen molar-refractivity contribution in [3.63, 3.8) is 0 Å². The fourth-order valence-electron chi connectivity index (χ4n) is 4.22. The normalized spacial score (nSPS) is 15.9. The lowest BCUT2D eigenvalue weighted by Crippen LogP contribution is -2.25. The minimum Gasteiger partial charge on any atom is -0.479 e. The van der Waals surface area contributed by atoms with Crippen molar-refractivity contribution in [1.82, 2.24) is 29.3 Å². The highest BCUT2D eigenvalue weighted by atomic mass is 16.5. The average Bonchev–Trinajstić information content (AvgIpc) is 3.25. The molecular formula is C25H25N7O3. The van der Waals surface area contributed by atoms with Crippen LogP contribution in [0.1, 0.15) is 31.9 Å². The number of carbonyl (C=O) groups excluding carboxylic acids is 1. The van der Waals surface area contributed by atoms with Gasteiger partial charge < -0.3 is 10.1 Å². The minimum atomic E-state index is -0.323. The van der Waals surface area contributed by atoms with Crippen LogP contribution in [0.2, 0.25) is 0 Å². The van der Waals surface area contributed by atoms with Crippen molar-refractivity contribution >= 4 is 11.6 Å². The molecule has 10 nitrogen and oxygen atoms in total. The molecule has 4 aromatic heterocycles. The van der Waals surface area contributed by atoms with Gasteiger partial charge in [-0.05, 0) is 43.5 Å². The van der Waals surface area contributed by atoms with E-state index in [-0.39, 0.29) is 17.4 Å². The maximum absolute atomic E-state index is 13.3. The van der Waals surface area contributed by atoms with Crippen LogP contribution in [0.4, 0.5) is 5.69 Å². The Bertz CT molecular complexity index is 1440. The van der Waals surface area contributed by atoms with Gasteiger partial charge in [-0.3, -0.25) is 14.6 Å². The molecular weight excluding hydrogens is 446 g/mol. The summed E-state index contributed by atoms with van der Waals surface area (Å²) >= 11 is 0. The molecule has 4 aromatic rings. The molecule has 1 aliphatic rings. The molecule has 10 heteroatoms. The predicted molar refractivity (Wildman–Crippen MR) is 130 cm³/mol.